The molecule has 1 fully saturated rings. The number of hydrogen-bond acceptors (Lipinski definition) is 4. The summed E-state index contributed by atoms with van der Waals surface area (Å²) in [5.74, 6) is 1.44. The molecule has 5 nitrogen and oxygen atoms in total. The fraction of sp³-hybridized carbons (Fsp3) is 0.500. The van der Waals surface area contributed by atoms with Crippen molar-refractivity contribution in [1.29, 1.82) is 0 Å². The molecule has 3 N–H and O–H groups in total. The fourth-order valence-corrected chi connectivity index (χ4v) is 2.80. The zero-order chi connectivity index (χ0) is 13.2. The molecule has 19 heavy (non-hydrogen) atoms. The largest absolute Gasteiger partial charge is 0.396 e. The first-order chi connectivity index (χ1) is 9.33. The van der Waals surface area contributed by atoms with Gasteiger partial charge in [0.05, 0.1) is 5.69 Å². The molecule has 0 radical (unpaired) electrons. The van der Waals surface area contributed by atoms with E-state index in [4.69, 9.17) is 10.7 Å². The average molecular weight is 260 g/mol. The zero-order valence-corrected chi connectivity index (χ0v) is 11.0. The first-order valence-corrected chi connectivity index (χ1v) is 6.85. The summed E-state index contributed by atoms with van der Waals surface area (Å²) in [6.45, 7) is 2.67. The predicted molar refractivity (Wildman–Crippen MR) is 75.1 cm³/mol. The molecule has 1 aliphatic heterocycles. The number of nitrogens with zero attached hydrogens (tertiary/aromatic N) is 3. The molecule has 0 unspecified atom stereocenters. The molecule has 1 aliphatic rings. The van der Waals surface area contributed by atoms with E-state index in [9.17, 15) is 5.11 Å². The summed E-state index contributed by atoms with van der Waals surface area (Å²) in [5.41, 5.74) is 7.91. The van der Waals surface area contributed by atoms with Crippen molar-refractivity contribution in [3.63, 3.8) is 0 Å². The first-order valence-electron chi connectivity index (χ1n) is 6.85. The zero-order valence-electron chi connectivity index (χ0n) is 11.0. The average Bonchev–Trinajstić information content (AvgIpc) is 2.85. The number of imidazole rings is 1. The molecule has 2 aromatic rings. The Morgan fingerprint density at radius 3 is 2.79 bits per heavy atom. The van der Waals surface area contributed by atoms with Gasteiger partial charge in [-0.3, -0.25) is 0 Å². The highest BCUT2D eigenvalue weighted by Gasteiger charge is 2.23. The maximum absolute atomic E-state index is 9.20. The highest BCUT2D eigenvalue weighted by Crippen LogP contribution is 2.26. The van der Waals surface area contributed by atoms with Crippen molar-refractivity contribution in [1.82, 2.24) is 9.38 Å². The van der Waals surface area contributed by atoms with Crippen molar-refractivity contribution in [2.24, 2.45) is 11.7 Å². The lowest BCUT2D eigenvalue weighted by molar-refractivity contribution is 0.203. The number of fused-ring (bicyclic) bond motifs is 1. The van der Waals surface area contributed by atoms with Crippen LogP contribution in [-0.4, -0.2) is 34.2 Å². The molecule has 1 saturated heterocycles. The van der Waals surface area contributed by atoms with E-state index in [1.54, 1.807) is 0 Å². The summed E-state index contributed by atoms with van der Waals surface area (Å²) in [7, 11) is 0. The van der Waals surface area contributed by atoms with Crippen LogP contribution in [0.2, 0.25) is 0 Å². The van der Waals surface area contributed by atoms with Gasteiger partial charge in [0, 0.05) is 32.4 Å². The Morgan fingerprint density at radius 1 is 1.32 bits per heavy atom. The molecular weight excluding hydrogens is 240 g/mol. The van der Waals surface area contributed by atoms with Crippen molar-refractivity contribution in [2.75, 3.05) is 24.6 Å². The second-order valence-electron chi connectivity index (χ2n) is 5.13. The molecule has 0 amide bonds. The summed E-state index contributed by atoms with van der Waals surface area (Å²) in [6.07, 6.45) is 4.05. The third-order valence-electron chi connectivity index (χ3n) is 3.97. The van der Waals surface area contributed by atoms with E-state index in [-0.39, 0.29) is 0 Å². The van der Waals surface area contributed by atoms with Gasteiger partial charge >= 0.3 is 0 Å². The number of aliphatic hydroxyl groups excluding tert-OH is 1. The van der Waals surface area contributed by atoms with E-state index < -0.39 is 0 Å². The number of rotatable bonds is 3. The van der Waals surface area contributed by atoms with Crippen molar-refractivity contribution >= 4 is 11.5 Å². The lowest BCUT2D eigenvalue weighted by atomic mass is 9.98. The SMILES string of the molecule is NCc1c(N2CCC(CO)CC2)nc2ccccn12. The molecule has 2 aromatic heterocycles. The maximum Gasteiger partial charge on any atom is 0.152 e. The van der Waals surface area contributed by atoms with Gasteiger partial charge < -0.3 is 20.1 Å². The Hall–Kier alpha value is -1.59. The van der Waals surface area contributed by atoms with Crippen LogP contribution in [0.25, 0.3) is 5.65 Å². The van der Waals surface area contributed by atoms with Crippen LogP contribution in [0.5, 0.6) is 0 Å². The molecule has 0 aromatic carbocycles. The van der Waals surface area contributed by atoms with E-state index in [1.807, 2.05) is 24.4 Å². The van der Waals surface area contributed by atoms with Gasteiger partial charge in [-0.1, -0.05) is 6.07 Å². The third-order valence-corrected chi connectivity index (χ3v) is 3.97. The Bertz CT molecular complexity index is 558. The van der Waals surface area contributed by atoms with Gasteiger partial charge in [-0.15, -0.1) is 0 Å². The van der Waals surface area contributed by atoms with Crippen molar-refractivity contribution < 1.29 is 5.11 Å². The van der Waals surface area contributed by atoms with Crippen LogP contribution in [0.3, 0.4) is 0 Å². The van der Waals surface area contributed by atoms with Crippen molar-refractivity contribution in [3.8, 4) is 0 Å². The summed E-state index contributed by atoms with van der Waals surface area (Å²) in [5, 5.41) is 9.20. The van der Waals surface area contributed by atoms with Crippen LogP contribution < -0.4 is 10.6 Å². The summed E-state index contributed by atoms with van der Waals surface area (Å²) >= 11 is 0. The minimum atomic E-state index is 0.294. The summed E-state index contributed by atoms with van der Waals surface area (Å²) in [4.78, 5) is 7.00. The molecular formula is C14H20N4O. The Balaban J connectivity index is 1.92. The molecule has 3 heterocycles. The molecule has 102 valence electrons. The van der Waals surface area contributed by atoms with E-state index >= 15 is 0 Å². The number of hydrogen-bond donors (Lipinski definition) is 2. The summed E-state index contributed by atoms with van der Waals surface area (Å²) < 4.78 is 2.06. The second-order valence-corrected chi connectivity index (χ2v) is 5.13. The monoisotopic (exact) mass is 260 g/mol. The highest BCUT2D eigenvalue weighted by atomic mass is 16.3. The molecule has 3 rings (SSSR count). The van der Waals surface area contributed by atoms with Gasteiger partial charge in [0.15, 0.2) is 5.82 Å². The molecule has 0 bridgehead atoms. The van der Waals surface area contributed by atoms with E-state index in [2.05, 4.69) is 9.30 Å². The number of piperidine rings is 1. The highest BCUT2D eigenvalue weighted by molar-refractivity contribution is 5.56. The van der Waals surface area contributed by atoms with Gasteiger partial charge in [-0.05, 0) is 30.9 Å². The second kappa shape index (κ2) is 5.19. The number of aliphatic hydroxyl groups is 1. The number of aromatic nitrogens is 2. The quantitative estimate of drug-likeness (QED) is 0.864. The summed E-state index contributed by atoms with van der Waals surface area (Å²) in [6, 6.07) is 5.99. The smallest absolute Gasteiger partial charge is 0.152 e. The number of anilines is 1. The van der Waals surface area contributed by atoms with Crippen LogP contribution in [0.4, 0.5) is 5.82 Å². The third kappa shape index (κ3) is 2.19. The van der Waals surface area contributed by atoms with E-state index in [0.29, 0.717) is 19.1 Å². The van der Waals surface area contributed by atoms with Crippen LogP contribution in [0, 0.1) is 5.92 Å². The molecule has 0 saturated carbocycles. The molecule has 0 spiro atoms. The normalized spacial score (nSPS) is 17.3. The number of nitrogens with two attached hydrogens (primary N) is 1. The fourth-order valence-electron chi connectivity index (χ4n) is 2.80. The van der Waals surface area contributed by atoms with Gasteiger partial charge in [0.2, 0.25) is 0 Å². The van der Waals surface area contributed by atoms with Gasteiger partial charge in [0.1, 0.15) is 5.65 Å². The Morgan fingerprint density at radius 2 is 2.11 bits per heavy atom. The van der Waals surface area contributed by atoms with E-state index in [1.165, 1.54) is 0 Å². The Labute approximate surface area is 112 Å². The first kappa shape index (κ1) is 12.4. The topological polar surface area (TPSA) is 66.8 Å². The Kier molecular flexibility index (Phi) is 3.40. The maximum atomic E-state index is 9.20. The van der Waals surface area contributed by atoms with Crippen molar-refractivity contribution in [2.45, 2.75) is 19.4 Å². The van der Waals surface area contributed by atoms with Gasteiger partial charge in [-0.2, -0.15) is 0 Å². The van der Waals surface area contributed by atoms with Crippen LogP contribution in [0.1, 0.15) is 18.5 Å². The van der Waals surface area contributed by atoms with Gasteiger partial charge in [0.25, 0.3) is 0 Å². The molecule has 0 aliphatic carbocycles. The van der Waals surface area contributed by atoms with Crippen LogP contribution in [-0.2, 0) is 6.54 Å². The minimum absolute atomic E-state index is 0.294. The standard InChI is InChI=1S/C14H20N4O/c15-9-12-14(16-13-3-1-2-6-18(12)13)17-7-4-11(10-19)5-8-17/h1-3,6,11,19H,4-5,7-10,15H2. The lowest BCUT2D eigenvalue weighted by Gasteiger charge is -2.31. The molecule has 5 heteroatoms. The van der Waals surface area contributed by atoms with Crippen molar-refractivity contribution in [3.05, 3.63) is 30.1 Å². The lowest BCUT2D eigenvalue weighted by Crippen LogP contribution is -2.35. The predicted octanol–water partition coefficient (Wildman–Crippen LogP) is 1.00. The van der Waals surface area contributed by atoms with Gasteiger partial charge in [-0.25, -0.2) is 4.98 Å². The van der Waals surface area contributed by atoms with Crippen LogP contribution >= 0.6 is 0 Å². The van der Waals surface area contributed by atoms with E-state index in [0.717, 1.165) is 43.1 Å². The minimum Gasteiger partial charge on any atom is -0.396 e. The number of pyridine rings is 1. The van der Waals surface area contributed by atoms with Crippen LogP contribution in [0.15, 0.2) is 24.4 Å². The molecule has 0 atom stereocenters.